The van der Waals surface area contributed by atoms with E-state index >= 15 is 0 Å². The molecule has 10 heteroatoms. The maximum Gasteiger partial charge on any atom is 0.416 e. The number of alkyl halides is 3. The van der Waals surface area contributed by atoms with Crippen molar-refractivity contribution in [2.75, 3.05) is 7.05 Å². The molecular weight excluding hydrogens is 311 g/mol. The van der Waals surface area contributed by atoms with Crippen molar-refractivity contribution in [1.29, 1.82) is 0 Å². The third-order valence-corrected chi connectivity index (χ3v) is 3.11. The lowest BCUT2D eigenvalue weighted by Crippen LogP contribution is -2.46. The molecule has 0 aliphatic rings. The van der Waals surface area contributed by atoms with Crippen LogP contribution in [0.25, 0.3) is 0 Å². The Balaban J connectivity index is 3.17. The van der Waals surface area contributed by atoms with Crippen LogP contribution in [0.15, 0.2) is 17.2 Å². The van der Waals surface area contributed by atoms with E-state index in [1.165, 1.54) is 14.0 Å². The van der Waals surface area contributed by atoms with Gasteiger partial charge in [0.15, 0.2) is 0 Å². The highest BCUT2D eigenvalue weighted by atomic mass is 35.5. The highest BCUT2D eigenvalue weighted by molar-refractivity contribution is 6.35. The van der Waals surface area contributed by atoms with Gasteiger partial charge in [0.25, 0.3) is 5.91 Å². The van der Waals surface area contributed by atoms with E-state index in [0.717, 1.165) is 17.1 Å². The van der Waals surface area contributed by atoms with E-state index in [9.17, 15) is 18.0 Å². The fourth-order valence-electron chi connectivity index (χ4n) is 1.55. The number of guanidine groups is 1. The van der Waals surface area contributed by atoms with Crippen LogP contribution in [0.5, 0.6) is 0 Å². The summed E-state index contributed by atoms with van der Waals surface area (Å²) in [6.45, 7) is 1.18. The molecule has 1 aromatic rings. The van der Waals surface area contributed by atoms with Crippen LogP contribution in [-0.4, -0.2) is 23.9 Å². The molecule has 0 bridgehead atoms. The van der Waals surface area contributed by atoms with Gasteiger partial charge in [-0.25, -0.2) is 5.84 Å². The summed E-state index contributed by atoms with van der Waals surface area (Å²) in [4.78, 5) is 12.0. The number of rotatable bonds is 1. The maximum atomic E-state index is 12.7. The number of nitrogens with two attached hydrogens (primary N) is 2. The smallest absolute Gasteiger partial charge is 0.320 e. The van der Waals surface area contributed by atoms with Gasteiger partial charge in [-0.3, -0.25) is 15.1 Å². The van der Waals surface area contributed by atoms with Crippen molar-refractivity contribution in [3.8, 4) is 0 Å². The monoisotopic (exact) mass is 323 g/mol. The van der Waals surface area contributed by atoms with E-state index in [1.807, 2.05) is 0 Å². The Hall–Kier alpha value is -2.00. The first-order valence-electron chi connectivity index (χ1n) is 5.53. The van der Waals surface area contributed by atoms with Crippen molar-refractivity contribution in [2.45, 2.75) is 13.1 Å². The number of hydrogen-bond acceptors (Lipinski definition) is 4. The normalized spacial score (nSPS) is 12.2. The molecular formula is C11H13ClF3N5O. The summed E-state index contributed by atoms with van der Waals surface area (Å²) < 4.78 is 38.1. The second-order valence-electron chi connectivity index (χ2n) is 4.12. The van der Waals surface area contributed by atoms with Gasteiger partial charge in [-0.1, -0.05) is 11.6 Å². The van der Waals surface area contributed by atoms with Gasteiger partial charge in [0.1, 0.15) is 0 Å². The number of hydrazine groups is 1. The summed E-state index contributed by atoms with van der Waals surface area (Å²) >= 11 is 5.83. The molecule has 116 valence electrons. The molecule has 0 aromatic heterocycles. The van der Waals surface area contributed by atoms with Crippen molar-refractivity contribution in [3.63, 3.8) is 0 Å². The zero-order valence-electron chi connectivity index (χ0n) is 11.1. The van der Waals surface area contributed by atoms with Gasteiger partial charge in [0.2, 0.25) is 5.96 Å². The molecule has 0 saturated heterocycles. The molecule has 6 nitrogen and oxygen atoms in total. The fourth-order valence-corrected chi connectivity index (χ4v) is 1.80. The lowest BCUT2D eigenvalue weighted by molar-refractivity contribution is -0.138. The molecule has 0 saturated carbocycles. The number of carbonyl (C=O) groups is 1. The number of carbonyl (C=O) groups excluding carboxylic acids is 1. The van der Waals surface area contributed by atoms with Gasteiger partial charge < -0.3 is 5.84 Å². The van der Waals surface area contributed by atoms with E-state index in [2.05, 4.69) is 10.4 Å². The van der Waals surface area contributed by atoms with E-state index in [-0.39, 0.29) is 22.1 Å². The van der Waals surface area contributed by atoms with E-state index in [1.54, 1.807) is 0 Å². The summed E-state index contributed by atoms with van der Waals surface area (Å²) in [5.74, 6) is 9.42. The minimum absolute atomic E-state index is 0.148. The van der Waals surface area contributed by atoms with Crippen molar-refractivity contribution in [1.82, 2.24) is 10.3 Å². The van der Waals surface area contributed by atoms with Crippen molar-refractivity contribution in [2.24, 2.45) is 16.8 Å². The van der Waals surface area contributed by atoms with Gasteiger partial charge in [-0.15, -0.1) is 5.10 Å². The lowest BCUT2D eigenvalue weighted by Gasteiger charge is -2.17. The molecule has 0 unspecified atom stereocenters. The van der Waals surface area contributed by atoms with Crippen molar-refractivity contribution >= 4 is 23.5 Å². The van der Waals surface area contributed by atoms with Crippen LogP contribution in [0.1, 0.15) is 21.5 Å². The lowest BCUT2D eigenvalue weighted by atomic mass is 10.0. The first-order chi connectivity index (χ1) is 9.59. The number of halogens is 4. The molecule has 1 rings (SSSR count). The molecule has 0 spiro atoms. The Morgan fingerprint density at radius 1 is 1.43 bits per heavy atom. The second kappa shape index (κ2) is 6.19. The summed E-state index contributed by atoms with van der Waals surface area (Å²) in [5.41, 5.74) is -1.30. The summed E-state index contributed by atoms with van der Waals surface area (Å²) in [5, 5.41) is 6.08. The topological polar surface area (TPSA) is 96.7 Å². The Morgan fingerprint density at radius 3 is 2.43 bits per heavy atom. The van der Waals surface area contributed by atoms with Crippen molar-refractivity contribution in [3.05, 3.63) is 33.8 Å². The SMILES string of the molecule is Cc1c(C(F)(F)F)ccc(C(=O)N/C(=N/N)N(C)N)c1Cl. The summed E-state index contributed by atoms with van der Waals surface area (Å²) in [7, 11) is 1.37. The van der Waals surface area contributed by atoms with E-state index in [4.69, 9.17) is 23.3 Å². The Morgan fingerprint density at radius 2 is 2.00 bits per heavy atom. The van der Waals surface area contributed by atoms with Gasteiger partial charge in [0.05, 0.1) is 16.1 Å². The van der Waals surface area contributed by atoms with Gasteiger partial charge in [0, 0.05) is 7.05 Å². The highest BCUT2D eigenvalue weighted by Crippen LogP contribution is 2.35. The molecule has 1 aromatic carbocycles. The number of amides is 1. The molecule has 5 N–H and O–H groups in total. The zero-order valence-corrected chi connectivity index (χ0v) is 11.9. The van der Waals surface area contributed by atoms with Gasteiger partial charge >= 0.3 is 6.18 Å². The van der Waals surface area contributed by atoms with Gasteiger partial charge in [-0.2, -0.15) is 13.2 Å². The average Bonchev–Trinajstić information content (AvgIpc) is 2.36. The number of benzene rings is 1. The molecule has 0 radical (unpaired) electrons. The van der Waals surface area contributed by atoms with E-state index < -0.39 is 17.6 Å². The van der Waals surface area contributed by atoms with Crippen LogP contribution in [-0.2, 0) is 6.18 Å². The summed E-state index contributed by atoms with van der Waals surface area (Å²) in [6.07, 6.45) is -4.55. The molecule has 0 aliphatic heterocycles. The fraction of sp³-hybridized carbons (Fsp3) is 0.273. The number of hydrazone groups is 1. The predicted octanol–water partition coefficient (Wildman–Crippen LogP) is 1.43. The number of nitrogens with one attached hydrogen (secondary N) is 1. The largest absolute Gasteiger partial charge is 0.416 e. The van der Waals surface area contributed by atoms with Crippen LogP contribution in [0.2, 0.25) is 5.02 Å². The molecule has 0 atom stereocenters. The third kappa shape index (κ3) is 3.76. The number of nitrogens with zero attached hydrogens (tertiary/aromatic N) is 2. The Kier molecular flexibility index (Phi) is 5.02. The quantitative estimate of drug-likeness (QED) is 0.315. The standard InChI is InChI=1S/C11H13ClF3N5O/c1-5-7(11(13,14)15)4-3-6(8(5)12)9(21)18-10(19-16)20(2)17/h3-4H,16-17H2,1-2H3,(H,18,19,21). The maximum absolute atomic E-state index is 12.7. The zero-order chi connectivity index (χ0) is 16.4. The van der Waals surface area contributed by atoms with Crippen LogP contribution in [0.3, 0.4) is 0 Å². The van der Waals surface area contributed by atoms with Crippen molar-refractivity contribution < 1.29 is 18.0 Å². The van der Waals surface area contributed by atoms with Crippen LogP contribution < -0.4 is 17.0 Å². The second-order valence-corrected chi connectivity index (χ2v) is 4.49. The molecule has 0 heterocycles. The average molecular weight is 324 g/mol. The molecule has 0 aliphatic carbocycles. The Bertz CT molecular complexity index is 586. The van der Waals surface area contributed by atoms with E-state index in [0.29, 0.717) is 0 Å². The molecule has 21 heavy (non-hydrogen) atoms. The van der Waals surface area contributed by atoms with Crippen LogP contribution in [0.4, 0.5) is 13.2 Å². The molecule has 0 fully saturated rings. The molecule has 1 amide bonds. The minimum atomic E-state index is -4.55. The van der Waals surface area contributed by atoms with Crippen LogP contribution >= 0.6 is 11.6 Å². The first kappa shape index (κ1) is 17.1. The third-order valence-electron chi connectivity index (χ3n) is 2.62. The van der Waals surface area contributed by atoms with Crippen LogP contribution in [0, 0.1) is 6.92 Å². The highest BCUT2D eigenvalue weighted by Gasteiger charge is 2.34. The minimum Gasteiger partial charge on any atom is -0.320 e. The van der Waals surface area contributed by atoms with Gasteiger partial charge in [-0.05, 0) is 24.6 Å². The first-order valence-corrected chi connectivity index (χ1v) is 5.91. The number of hydrogen-bond donors (Lipinski definition) is 3. The Labute approximate surface area is 123 Å². The predicted molar refractivity (Wildman–Crippen MR) is 72.2 cm³/mol. The summed E-state index contributed by atoms with van der Waals surface area (Å²) in [6, 6.07) is 1.75.